The van der Waals surface area contributed by atoms with Crippen molar-refractivity contribution in [3.63, 3.8) is 0 Å². The van der Waals surface area contributed by atoms with Crippen LogP contribution in [-0.2, 0) is 12.8 Å². The molecule has 4 aromatic rings. The van der Waals surface area contributed by atoms with Gasteiger partial charge in [0.05, 0.1) is 33.0 Å². The Bertz CT molecular complexity index is 1300. The zero-order valence-corrected chi connectivity index (χ0v) is 20.5. The Hall–Kier alpha value is -2.84. The van der Waals surface area contributed by atoms with Crippen molar-refractivity contribution < 1.29 is 4.39 Å². The molecular weight excluding hydrogens is 453 g/mol. The largest absolute Gasteiger partial charge is 0.376 e. The van der Waals surface area contributed by atoms with E-state index in [0.717, 1.165) is 74.7 Å². The highest BCUT2D eigenvalue weighted by Crippen LogP contribution is 2.35. The lowest BCUT2D eigenvalue weighted by atomic mass is 9.91. The molecule has 0 aliphatic heterocycles. The number of benzene rings is 1. The number of hydrogen-bond donors (Lipinski definition) is 2. The molecule has 3 aromatic heterocycles. The molecule has 5 nitrogen and oxygen atoms in total. The van der Waals surface area contributed by atoms with Gasteiger partial charge in [0.1, 0.15) is 11.6 Å². The molecule has 170 valence electrons. The molecule has 3 heterocycles. The van der Waals surface area contributed by atoms with Crippen molar-refractivity contribution in [1.82, 2.24) is 15.0 Å². The Morgan fingerprint density at radius 1 is 1.12 bits per heavy atom. The lowest BCUT2D eigenvalue weighted by Gasteiger charge is -2.27. The summed E-state index contributed by atoms with van der Waals surface area (Å²) >= 11 is 3.28. The smallest absolute Gasteiger partial charge is 0.188 e. The number of thiazole rings is 2. The summed E-state index contributed by atoms with van der Waals surface area (Å²) in [7, 11) is 0. The summed E-state index contributed by atoms with van der Waals surface area (Å²) in [4.78, 5) is 15.4. The van der Waals surface area contributed by atoms with Crippen LogP contribution in [0.2, 0.25) is 0 Å². The van der Waals surface area contributed by atoms with Crippen molar-refractivity contribution in [1.29, 1.82) is 0 Å². The summed E-state index contributed by atoms with van der Waals surface area (Å²) in [6.45, 7) is 6.05. The molecule has 0 spiro atoms. The minimum atomic E-state index is -0.213. The maximum atomic E-state index is 14.4. The van der Waals surface area contributed by atoms with Crippen LogP contribution in [0.1, 0.15) is 53.3 Å². The minimum Gasteiger partial charge on any atom is -0.376 e. The number of hydrogen-bond acceptors (Lipinski definition) is 7. The van der Waals surface area contributed by atoms with Gasteiger partial charge in [-0.1, -0.05) is 19.1 Å². The molecule has 0 bridgehead atoms. The van der Waals surface area contributed by atoms with E-state index in [9.17, 15) is 4.39 Å². The first-order valence-electron chi connectivity index (χ1n) is 11.2. The van der Waals surface area contributed by atoms with Gasteiger partial charge in [-0.05, 0) is 68.9 Å². The Morgan fingerprint density at radius 2 is 2.00 bits per heavy atom. The second-order valence-corrected chi connectivity index (χ2v) is 10.3. The van der Waals surface area contributed by atoms with Crippen LogP contribution in [0.3, 0.4) is 0 Å². The van der Waals surface area contributed by atoms with E-state index in [1.165, 1.54) is 0 Å². The lowest BCUT2D eigenvalue weighted by molar-refractivity contribution is 0.578. The monoisotopic (exact) mass is 479 g/mol. The van der Waals surface area contributed by atoms with E-state index in [0.29, 0.717) is 5.69 Å². The zero-order valence-electron chi connectivity index (χ0n) is 18.9. The molecule has 2 N–H and O–H groups in total. The molecule has 0 fully saturated rings. The summed E-state index contributed by atoms with van der Waals surface area (Å²) in [6.07, 6.45) is 3.83. The van der Waals surface area contributed by atoms with Crippen molar-refractivity contribution in [3.8, 4) is 10.6 Å². The van der Waals surface area contributed by atoms with Gasteiger partial charge in [-0.3, -0.25) is 0 Å². The minimum absolute atomic E-state index is 0.0565. The average molecular weight is 480 g/mol. The SMILES string of the molecule is CCc1nc(C)c(-c2csc(Nc3ccc4c(n3)CCCC4Nc3ccc(C)cc3F)n2)s1. The van der Waals surface area contributed by atoms with Gasteiger partial charge >= 0.3 is 0 Å². The molecule has 0 saturated carbocycles. The molecule has 5 rings (SSSR count). The Balaban J connectivity index is 1.33. The van der Waals surface area contributed by atoms with Gasteiger partial charge in [-0.25, -0.2) is 19.3 Å². The first-order valence-corrected chi connectivity index (χ1v) is 12.9. The fourth-order valence-corrected chi connectivity index (χ4v) is 5.94. The van der Waals surface area contributed by atoms with Crippen LogP contribution in [0, 0.1) is 19.7 Å². The van der Waals surface area contributed by atoms with Crippen LogP contribution < -0.4 is 10.6 Å². The summed E-state index contributed by atoms with van der Waals surface area (Å²) in [6, 6.07) is 9.45. The van der Waals surface area contributed by atoms with Crippen molar-refractivity contribution in [3.05, 3.63) is 69.1 Å². The van der Waals surface area contributed by atoms with Crippen molar-refractivity contribution in [2.45, 2.75) is 52.5 Å². The molecule has 1 unspecified atom stereocenters. The van der Waals surface area contributed by atoms with E-state index in [4.69, 9.17) is 9.97 Å². The van der Waals surface area contributed by atoms with Gasteiger partial charge in [-0.2, -0.15) is 0 Å². The van der Waals surface area contributed by atoms with E-state index >= 15 is 0 Å². The Morgan fingerprint density at radius 3 is 2.79 bits per heavy atom. The van der Waals surface area contributed by atoms with Gasteiger partial charge in [-0.15, -0.1) is 22.7 Å². The number of nitrogens with one attached hydrogen (secondary N) is 2. The average Bonchev–Trinajstić information content (AvgIpc) is 3.41. The fraction of sp³-hybridized carbons (Fsp3) is 0.320. The second-order valence-electron chi connectivity index (χ2n) is 8.34. The number of pyridine rings is 1. The zero-order chi connectivity index (χ0) is 22.9. The van der Waals surface area contributed by atoms with E-state index in [-0.39, 0.29) is 11.9 Å². The first-order chi connectivity index (χ1) is 16.0. The molecule has 0 saturated heterocycles. The molecule has 1 aromatic carbocycles. The molecule has 1 aliphatic rings. The topological polar surface area (TPSA) is 62.7 Å². The van der Waals surface area contributed by atoms with Gasteiger partial charge in [0.25, 0.3) is 0 Å². The summed E-state index contributed by atoms with van der Waals surface area (Å²) in [5.41, 5.74) is 5.64. The highest BCUT2D eigenvalue weighted by molar-refractivity contribution is 7.16. The molecule has 0 radical (unpaired) electrons. The first kappa shape index (κ1) is 22.0. The Kier molecular flexibility index (Phi) is 6.12. The number of halogens is 1. The third kappa shape index (κ3) is 4.63. The van der Waals surface area contributed by atoms with Crippen LogP contribution in [-0.4, -0.2) is 15.0 Å². The number of aryl methyl sites for hydroxylation is 4. The van der Waals surface area contributed by atoms with Gasteiger partial charge in [0.2, 0.25) is 0 Å². The lowest BCUT2D eigenvalue weighted by Crippen LogP contribution is -2.19. The molecule has 1 aliphatic carbocycles. The number of aromatic nitrogens is 3. The third-order valence-corrected chi connectivity index (χ3v) is 7.94. The number of rotatable bonds is 6. The van der Waals surface area contributed by atoms with Crippen LogP contribution in [0.4, 0.5) is 21.0 Å². The summed E-state index contributed by atoms with van der Waals surface area (Å²) < 4.78 is 14.4. The molecule has 33 heavy (non-hydrogen) atoms. The van der Waals surface area contributed by atoms with Crippen molar-refractivity contribution >= 4 is 39.3 Å². The summed E-state index contributed by atoms with van der Waals surface area (Å²) in [5.74, 6) is 0.572. The number of anilines is 3. The van der Waals surface area contributed by atoms with Gasteiger partial charge in [0, 0.05) is 11.1 Å². The normalized spacial score (nSPS) is 15.3. The highest BCUT2D eigenvalue weighted by atomic mass is 32.1. The molecule has 8 heteroatoms. The molecular formula is C25H26FN5S2. The third-order valence-electron chi connectivity index (χ3n) is 5.86. The van der Waals surface area contributed by atoms with E-state index < -0.39 is 0 Å². The van der Waals surface area contributed by atoms with Crippen LogP contribution in [0.15, 0.2) is 35.7 Å². The van der Waals surface area contributed by atoms with Gasteiger partial charge in [0.15, 0.2) is 5.13 Å². The number of fused-ring (bicyclic) bond motifs is 1. The van der Waals surface area contributed by atoms with Crippen LogP contribution >= 0.6 is 22.7 Å². The van der Waals surface area contributed by atoms with Crippen LogP contribution in [0.25, 0.3) is 10.6 Å². The predicted molar refractivity (Wildman–Crippen MR) is 135 cm³/mol. The second kappa shape index (κ2) is 9.19. The maximum absolute atomic E-state index is 14.4. The van der Waals surface area contributed by atoms with E-state index in [1.807, 2.05) is 32.0 Å². The fourth-order valence-electron chi connectivity index (χ4n) is 4.19. The van der Waals surface area contributed by atoms with E-state index in [1.54, 1.807) is 28.7 Å². The van der Waals surface area contributed by atoms with Gasteiger partial charge < -0.3 is 10.6 Å². The summed E-state index contributed by atoms with van der Waals surface area (Å²) in [5, 5.41) is 10.8. The predicted octanol–water partition coefficient (Wildman–Crippen LogP) is 7.21. The van der Waals surface area contributed by atoms with Crippen molar-refractivity contribution in [2.75, 3.05) is 10.6 Å². The van der Waals surface area contributed by atoms with E-state index in [2.05, 4.69) is 34.0 Å². The molecule has 1 atom stereocenters. The highest BCUT2D eigenvalue weighted by Gasteiger charge is 2.23. The molecule has 0 amide bonds. The number of nitrogens with zero attached hydrogens (tertiary/aromatic N) is 3. The van der Waals surface area contributed by atoms with Crippen molar-refractivity contribution in [2.24, 2.45) is 0 Å². The quantitative estimate of drug-likeness (QED) is 0.306. The van der Waals surface area contributed by atoms with Crippen LogP contribution in [0.5, 0.6) is 0 Å². The standard InChI is InChI=1S/C25H26FN5S2/c1-4-23-27-15(3)24(33-23)21-13-32-25(30-21)31-22-11-9-16-18(6-5-7-19(16)29-22)28-20-10-8-14(2)12-17(20)26/h8-13,18,28H,4-7H2,1-3H3,(H,29,30,31). The maximum Gasteiger partial charge on any atom is 0.188 e. The Labute approximate surface area is 201 Å².